The first-order valence-electron chi connectivity index (χ1n) is 8.08. The van der Waals surface area contributed by atoms with Crippen molar-refractivity contribution in [3.05, 3.63) is 64.7 Å². The molecule has 2 aromatic rings. The third kappa shape index (κ3) is 3.71. The Balaban J connectivity index is 1.90. The fraction of sp³-hybridized carbons (Fsp3) is 0.316. The van der Waals surface area contributed by atoms with E-state index in [1.165, 1.54) is 0 Å². The minimum atomic E-state index is -0.280. The largest absolute Gasteiger partial charge is 0.497 e. The summed E-state index contributed by atoms with van der Waals surface area (Å²) in [5, 5.41) is 7.04. The van der Waals surface area contributed by atoms with E-state index in [1.54, 1.807) is 7.11 Å². The van der Waals surface area contributed by atoms with Crippen LogP contribution in [0.25, 0.3) is 0 Å². The molecule has 0 aromatic heterocycles. The fourth-order valence-electron chi connectivity index (χ4n) is 2.98. The Morgan fingerprint density at radius 3 is 2.62 bits per heavy atom. The summed E-state index contributed by atoms with van der Waals surface area (Å²) in [5.74, 6) is 0.844. The Kier molecular flexibility index (Phi) is 5.38. The number of carbonyl (C=O) groups is 1. The molecule has 0 radical (unpaired) electrons. The Morgan fingerprint density at radius 1 is 1.25 bits per heavy atom. The number of benzene rings is 2. The Bertz CT molecular complexity index is 697. The first-order valence-corrected chi connectivity index (χ1v) is 8.46. The summed E-state index contributed by atoms with van der Waals surface area (Å²) in [6.45, 7) is 1.61. The maximum absolute atomic E-state index is 12.6. The van der Waals surface area contributed by atoms with Gasteiger partial charge in [0.15, 0.2) is 0 Å². The van der Waals surface area contributed by atoms with Gasteiger partial charge in [0.1, 0.15) is 5.75 Å². The molecule has 1 aliphatic heterocycles. The lowest BCUT2D eigenvalue weighted by molar-refractivity contribution is -0.124. The zero-order valence-electron chi connectivity index (χ0n) is 13.6. The molecule has 1 saturated heterocycles. The van der Waals surface area contributed by atoms with Crippen molar-refractivity contribution in [2.75, 3.05) is 20.2 Å². The van der Waals surface area contributed by atoms with Gasteiger partial charge >= 0.3 is 0 Å². The molecule has 1 heterocycles. The van der Waals surface area contributed by atoms with E-state index >= 15 is 0 Å². The van der Waals surface area contributed by atoms with Gasteiger partial charge in [-0.3, -0.25) is 4.79 Å². The lowest BCUT2D eigenvalue weighted by Gasteiger charge is -2.23. The first-order chi connectivity index (χ1) is 11.7. The van der Waals surface area contributed by atoms with Gasteiger partial charge in [-0.05, 0) is 42.3 Å². The average molecular weight is 345 g/mol. The topological polar surface area (TPSA) is 50.4 Å². The molecule has 1 amide bonds. The molecule has 4 nitrogen and oxygen atoms in total. The molecular weight excluding hydrogens is 324 g/mol. The van der Waals surface area contributed by atoms with Crippen LogP contribution in [-0.4, -0.2) is 26.1 Å². The molecule has 126 valence electrons. The molecule has 2 atom stereocenters. The van der Waals surface area contributed by atoms with Gasteiger partial charge in [0.05, 0.1) is 19.1 Å². The molecule has 1 aliphatic rings. The zero-order valence-corrected chi connectivity index (χ0v) is 14.3. The summed E-state index contributed by atoms with van der Waals surface area (Å²) in [7, 11) is 1.63. The number of halogens is 1. The van der Waals surface area contributed by atoms with Crippen LogP contribution < -0.4 is 15.4 Å². The van der Waals surface area contributed by atoms with Crippen LogP contribution in [0.15, 0.2) is 48.5 Å². The van der Waals surface area contributed by atoms with E-state index in [9.17, 15) is 4.79 Å². The second-order valence-corrected chi connectivity index (χ2v) is 6.33. The maximum Gasteiger partial charge on any atom is 0.225 e. The summed E-state index contributed by atoms with van der Waals surface area (Å²) >= 11 is 6.38. The molecule has 0 saturated carbocycles. The van der Waals surface area contributed by atoms with Crippen LogP contribution in [0.2, 0.25) is 5.02 Å². The molecule has 2 N–H and O–H groups in total. The van der Waals surface area contributed by atoms with Crippen molar-refractivity contribution in [3.8, 4) is 5.75 Å². The van der Waals surface area contributed by atoms with E-state index in [1.807, 2.05) is 48.5 Å². The highest BCUT2D eigenvalue weighted by Gasteiger charge is 2.26. The number of ether oxygens (including phenoxy) is 1. The van der Waals surface area contributed by atoms with Crippen LogP contribution in [0, 0.1) is 5.92 Å². The van der Waals surface area contributed by atoms with Crippen molar-refractivity contribution in [2.45, 2.75) is 12.5 Å². The minimum absolute atomic E-state index is 0.00763. The number of hydrogen-bond acceptors (Lipinski definition) is 3. The van der Waals surface area contributed by atoms with E-state index in [0.717, 1.165) is 36.4 Å². The van der Waals surface area contributed by atoms with E-state index < -0.39 is 0 Å². The Labute approximate surface area is 147 Å². The number of hydrogen-bond donors (Lipinski definition) is 2. The SMILES string of the molecule is COc1ccc([C@H](NC(=O)[C@@H]2CCNC2)c2ccccc2Cl)cc1. The second kappa shape index (κ2) is 7.69. The lowest BCUT2D eigenvalue weighted by atomic mass is 9.97. The summed E-state index contributed by atoms with van der Waals surface area (Å²) < 4.78 is 5.22. The molecular formula is C19H21ClN2O2. The van der Waals surface area contributed by atoms with Crippen LogP contribution in [0.4, 0.5) is 0 Å². The first kappa shape index (κ1) is 16.8. The van der Waals surface area contributed by atoms with Crippen molar-refractivity contribution in [1.82, 2.24) is 10.6 Å². The van der Waals surface area contributed by atoms with Crippen molar-refractivity contribution >= 4 is 17.5 Å². The summed E-state index contributed by atoms with van der Waals surface area (Å²) in [5.41, 5.74) is 1.87. The van der Waals surface area contributed by atoms with E-state index in [2.05, 4.69) is 10.6 Å². The zero-order chi connectivity index (χ0) is 16.9. The summed E-state index contributed by atoms with van der Waals surface area (Å²) in [6, 6.07) is 15.0. The predicted octanol–water partition coefficient (Wildman–Crippen LogP) is 3.16. The molecule has 0 aliphatic carbocycles. The Hall–Kier alpha value is -2.04. The van der Waals surface area contributed by atoms with E-state index in [4.69, 9.17) is 16.3 Å². The highest BCUT2D eigenvalue weighted by Crippen LogP contribution is 2.30. The van der Waals surface area contributed by atoms with Crippen LogP contribution in [0.3, 0.4) is 0 Å². The van der Waals surface area contributed by atoms with Crippen molar-refractivity contribution in [2.24, 2.45) is 5.92 Å². The van der Waals surface area contributed by atoms with E-state index in [-0.39, 0.29) is 17.9 Å². The fourth-order valence-corrected chi connectivity index (χ4v) is 3.23. The Morgan fingerprint density at radius 2 is 2.00 bits per heavy atom. The van der Waals surface area contributed by atoms with Gasteiger partial charge in [-0.1, -0.05) is 41.9 Å². The van der Waals surface area contributed by atoms with Gasteiger partial charge in [-0.15, -0.1) is 0 Å². The van der Waals surface area contributed by atoms with Crippen molar-refractivity contribution in [1.29, 1.82) is 0 Å². The third-order valence-corrected chi connectivity index (χ3v) is 4.73. The average Bonchev–Trinajstić information content (AvgIpc) is 3.15. The molecule has 2 aromatic carbocycles. The van der Waals surface area contributed by atoms with Gasteiger partial charge in [0.2, 0.25) is 5.91 Å². The number of rotatable bonds is 5. The number of carbonyl (C=O) groups excluding carboxylic acids is 1. The quantitative estimate of drug-likeness (QED) is 0.876. The normalized spacial score (nSPS) is 18.2. The number of nitrogens with one attached hydrogen (secondary N) is 2. The maximum atomic E-state index is 12.6. The molecule has 0 bridgehead atoms. The van der Waals surface area contributed by atoms with Crippen LogP contribution in [-0.2, 0) is 4.79 Å². The van der Waals surface area contributed by atoms with Gasteiger partial charge < -0.3 is 15.4 Å². The predicted molar refractivity (Wildman–Crippen MR) is 95.4 cm³/mol. The van der Waals surface area contributed by atoms with E-state index in [0.29, 0.717) is 5.02 Å². The third-order valence-electron chi connectivity index (χ3n) is 4.38. The summed E-state index contributed by atoms with van der Waals surface area (Å²) in [4.78, 5) is 12.6. The van der Waals surface area contributed by atoms with Gasteiger partial charge in [0.25, 0.3) is 0 Å². The van der Waals surface area contributed by atoms with Gasteiger partial charge in [-0.2, -0.15) is 0 Å². The highest BCUT2D eigenvalue weighted by molar-refractivity contribution is 6.31. The molecule has 1 fully saturated rings. The molecule has 0 spiro atoms. The minimum Gasteiger partial charge on any atom is -0.497 e. The van der Waals surface area contributed by atoms with Gasteiger partial charge in [-0.25, -0.2) is 0 Å². The standard InChI is InChI=1S/C19H21ClN2O2/c1-24-15-8-6-13(7-9-15)18(16-4-2-3-5-17(16)20)22-19(23)14-10-11-21-12-14/h2-9,14,18,21H,10-12H2,1H3,(H,22,23)/t14-,18+/m1/s1. The van der Waals surface area contributed by atoms with Crippen LogP contribution in [0.5, 0.6) is 5.75 Å². The monoisotopic (exact) mass is 344 g/mol. The smallest absolute Gasteiger partial charge is 0.225 e. The molecule has 3 rings (SSSR count). The van der Waals surface area contributed by atoms with Crippen molar-refractivity contribution < 1.29 is 9.53 Å². The molecule has 5 heteroatoms. The second-order valence-electron chi connectivity index (χ2n) is 5.93. The van der Waals surface area contributed by atoms with Gasteiger partial charge in [0, 0.05) is 11.6 Å². The van der Waals surface area contributed by atoms with Crippen LogP contribution >= 0.6 is 11.6 Å². The highest BCUT2D eigenvalue weighted by atomic mass is 35.5. The molecule has 24 heavy (non-hydrogen) atoms. The lowest BCUT2D eigenvalue weighted by Crippen LogP contribution is -2.35. The molecule has 0 unspecified atom stereocenters. The van der Waals surface area contributed by atoms with Crippen LogP contribution in [0.1, 0.15) is 23.6 Å². The number of amides is 1. The van der Waals surface area contributed by atoms with Crippen molar-refractivity contribution in [3.63, 3.8) is 0 Å². The number of methoxy groups -OCH3 is 1. The summed E-state index contributed by atoms with van der Waals surface area (Å²) in [6.07, 6.45) is 0.865.